The molecular weight excluding hydrogens is 326 g/mol. The smallest absolute Gasteiger partial charge is 0.272 e. The minimum atomic E-state index is 0. The molecule has 24 heavy (non-hydrogen) atoms. The highest BCUT2D eigenvalue weighted by atomic mass is 35.5. The Morgan fingerprint density at radius 3 is 2.75 bits per heavy atom. The molecule has 1 aliphatic heterocycles. The zero-order valence-corrected chi connectivity index (χ0v) is 15.0. The number of aromatic nitrogens is 1. The summed E-state index contributed by atoms with van der Waals surface area (Å²) in [5.41, 5.74) is 0.488. The SMILES string of the molecule is Cl.O=C(c1cc(OCCC2CCCCC2)ccn1)N1CCNCC1. The Hall–Kier alpha value is -1.33. The number of nitrogens with zero attached hydrogens (tertiary/aromatic N) is 2. The molecule has 2 fully saturated rings. The van der Waals surface area contributed by atoms with Crippen molar-refractivity contribution in [2.45, 2.75) is 38.5 Å². The summed E-state index contributed by atoms with van der Waals surface area (Å²) in [4.78, 5) is 18.5. The zero-order valence-electron chi connectivity index (χ0n) is 14.2. The van der Waals surface area contributed by atoms with E-state index in [1.54, 1.807) is 12.3 Å². The van der Waals surface area contributed by atoms with Gasteiger partial charge in [-0.1, -0.05) is 32.1 Å². The lowest BCUT2D eigenvalue weighted by Gasteiger charge is -2.27. The number of ether oxygens (including phenoxy) is 1. The first-order chi connectivity index (χ1) is 11.3. The largest absolute Gasteiger partial charge is 0.493 e. The highest BCUT2D eigenvalue weighted by Crippen LogP contribution is 2.26. The van der Waals surface area contributed by atoms with Crippen molar-refractivity contribution in [2.75, 3.05) is 32.8 Å². The summed E-state index contributed by atoms with van der Waals surface area (Å²) >= 11 is 0. The van der Waals surface area contributed by atoms with Crippen LogP contribution in [0.25, 0.3) is 0 Å². The third kappa shape index (κ3) is 5.35. The van der Waals surface area contributed by atoms with E-state index in [1.807, 2.05) is 11.0 Å². The first-order valence-corrected chi connectivity index (χ1v) is 8.92. The summed E-state index contributed by atoms with van der Waals surface area (Å²) in [6.45, 7) is 3.92. The van der Waals surface area contributed by atoms with Crippen LogP contribution in [-0.4, -0.2) is 48.6 Å². The van der Waals surface area contributed by atoms with Crippen molar-refractivity contribution in [2.24, 2.45) is 5.92 Å². The molecular formula is C18H28ClN3O2. The second-order valence-corrected chi connectivity index (χ2v) is 6.56. The van der Waals surface area contributed by atoms with Gasteiger partial charge >= 0.3 is 0 Å². The van der Waals surface area contributed by atoms with Crippen molar-refractivity contribution in [1.82, 2.24) is 15.2 Å². The Morgan fingerprint density at radius 2 is 2.00 bits per heavy atom. The normalized spacial score (nSPS) is 18.8. The van der Waals surface area contributed by atoms with Gasteiger partial charge in [0.2, 0.25) is 0 Å². The number of nitrogens with one attached hydrogen (secondary N) is 1. The zero-order chi connectivity index (χ0) is 15.9. The first-order valence-electron chi connectivity index (χ1n) is 8.92. The van der Waals surface area contributed by atoms with Crippen molar-refractivity contribution < 1.29 is 9.53 Å². The molecule has 0 atom stereocenters. The number of piperazine rings is 1. The number of carbonyl (C=O) groups is 1. The maximum atomic E-state index is 12.5. The van der Waals surface area contributed by atoms with Gasteiger partial charge in [-0.25, -0.2) is 0 Å². The number of hydrogen-bond donors (Lipinski definition) is 1. The van der Waals surface area contributed by atoms with Crippen LogP contribution in [0.4, 0.5) is 0 Å². The number of amides is 1. The summed E-state index contributed by atoms with van der Waals surface area (Å²) in [5, 5.41) is 3.25. The molecule has 0 spiro atoms. The lowest BCUT2D eigenvalue weighted by atomic mass is 9.87. The van der Waals surface area contributed by atoms with Crippen LogP contribution in [-0.2, 0) is 0 Å². The van der Waals surface area contributed by atoms with Crippen LogP contribution in [0.5, 0.6) is 5.75 Å². The van der Waals surface area contributed by atoms with Crippen LogP contribution in [0.1, 0.15) is 49.0 Å². The topological polar surface area (TPSA) is 54.5 Å². The molecule has 3 rings (SSSR count). The standard InChI is InChI=1S/C18H27N3O2.ClH/c22-18(21-11-9-19-10-12-21)17-14-16(6-8-20-17)23-13-7-15-4-2-1-3-5-15;/h6,8,14-15,19H,1-5,7,9-13H2;1H. The van der Waals surface area contributed by atoms with Crippen LogP contribution in [0.3, 0.4) is 0 Å². The lowest BCUT2D eigenvalue weighted by molar-refractivity contribution is 0.0729. The fourth-order valence-corrected chi connectivity index (χ4v) is 3.47. The predicted molar refractivity (Wildman–Crippen MR) is 96.9 cm³/mol. The molecule has 5 nitrogen and oxygen atoms in total. The van der Waals surface area contributed by atoms with Gasteiger partial charge in [-0.3, -0.25) is 9.78 Å². The van der Waals surface area contributed by atoms with Gasteiger partial charge < -0.3 is 15.0 Å². The minimum Gasteiger partial charge on any atom is -0.493 e. The molecule has 1 amide bonds. The number of hydrogen-bond acceptors (Lipinski definition) is 4. The summed E-state index contributed by atoms with van der Waals surface area (Å²) < 4.78 is 5.86. The molecule has 2 aliphatic rings. The van der Waals surface area contributed by atoms with Crippen molar-refractivity contribution in [3.05, 3.63) is 24.0 Å². The summed E-state index contributed by atoms with van der Waals surface area (Å²) in [6.07, 6.45) is 9.58. The van der Waals surface area contributed by atoms with E-state index in [9.17, 15) is 4.79 Å². The van der Waals surface area contributed by atoms with E-state index in [2.05, 4.69) is 10.3 Å². The first kappa shape index (κ1) is 19.0. The molecule has 0 unspecified atom stereocenters. The fourth-order valence-electron chi connectivity index (χ4n) is 3.47. The third-order valence-corrected chi connectivity index (χ3v) is 4.87. The van der Waals surface area contributed by atoms with Gasteiger partial charge in [0.05, 0.1) is 6.61 Å². The fraction of sp³-hybridized carbons (Fsp3) is 0.667. The molecule has 6 heteroatoms. The number of pyridine rings is 1. The Kier molecular flexibility index (Phi) is 7.79. The van der Waals surface area contributed by atoms with Crippen molar-refractivity contribution in [3.63, 3.8) is 0 Å². The Bertz CT molecular complexity index is 515. The molecule has 0 bridgehead atoms. The van der Waals surface area contributed by atoms with E-state index in [1.165, 1.54) is 32.1 Å². The maximum absolute atomic E-state index is 12.5. The average Bonchev–Trinajstić information content (AvgIpc) is 2.63. The van der Waals surface area contributed by atoms with Crippen molar-refractivity contribution >= 4 is 18.3 Å². The Labute approximate surface area is 150 Å². The van der Waals surface area contributed by atoms with Crippen LogP contribution in [0.2, 0.25) is 0 Å². The van der Waals surface area contributed by atoms with Crippen LogP contribution >= 0.6 is 12.4 Å². The molecule has 2 heterocycles. The van der Waals surface area contributed by atoms with E-state index in [4.69, 9.17) is 4.74 Å². The quantitative estimate of drug-likeness (QED) is 0.884. The highest BCUT2D eigenvalue weighted by molar-refractivity contribution is 5.92. The Balaban J connectivity index is 0.00000208. The molecule has 0 aromatic carbocycles. The molecule has 1 aliphatic carbocycles. The van der Waals surface area contributed by atoms with E-state index >= 15 is 0 Å². The second-order valence-electron chi connectivity index (χ2n) is 6.56. The monoisotopic (exact) mass is 353 g/mol. The number of carbonyl (C=O) groups excluding carboxylic acids is 1. The average molecular weight is 354 g/mol. The molecule has 134 valence electrons. The van der Waals surface area contributed by atoms with E-state index in [-0.39, 0.29) is 18.3 Å². The van der Waals surface area contributed by atoms with Gasteiger partial charge in [0.25, 0.3) is 5.91 Å². The van der Waals surface area contributed by atoms with E-state index in [0.717, 1.165) is 50.9 Å². The number of halogens is 1. The van der Waals surface area contributed by atoms with Gasteiger partial charge in [-0.05, 0) is 18.4 Å². The second kappa shape index (κ2) is 9.84. The summed E-state index contributed by atoms with van der Waals surface area (Å²) in [7, 11) is 0. The predicted octanol–water partition coefficient (Wildman–Crippen LogP) is 2.90. The van der Waals surface area contributed by atoms with Crippen LogP contribution < -0.4 is 10.1 Å². The van der Waals surface area contributed by atoms with Crippen LogP contribution in [0, 0.1) is 5.92 Å². The molecule has 1 aromatic heterocycles. The highest BCUT2D eigenvalue weighted by Gasteiger charge is 2.19. The summed E-state index contributed by atoms with van der Waals surface area (Å²) in [6, 6.07) is 3.63. The summed E-state index contributed by atoms with van der Waals surface area (Å²) in [5.74, 6) is 1.58. The van der Waals surface area contributed by atoms with Gasteiger partial charge in [0.1, 0.15) is 11.4 Å². The number of rotatable bonds is 5. The van der Waals surface area contributed by atoms with Crippen molar-refractivity contribution in [1.29, 1.82) is 0 Å². The van der Waals surface area contributed by atoms with Gasteiger partial charge in [0.15, 0.2) is 0 Å². The molecule has 1 saturated heterocycles. The van der Waals surface area contributed by atoms with Crippen molar-refractivity contribution in [3.8, 4) is 5.75 Å². The van der Waals surface area contributed by atoms with Gasteiger partial charge in [0, 0.05) is 38.4 Å². The van der Waals surface area contributed by atoms with Crippen LogP contribution in [0.15, 0.2) is 18.3 Å². The molecule has 1 saturated carbocycles. The van der Waals surface area contributed by atoms with E-state index < -0.39 is 0 Å². The minimum absolute atomic E-state index is 0. The Morgan fingerprint density at radius 1 is 1.25 bits per heavy atom. The maximum Gasteiger partial charge on any atom is 0.272 e. The van der Waals surface area contributed by atoms with E-state index in [0.29, 0.717) is 5.69 Å². The van der Waals surface area contributed by atoms with Gasteiger partial charge in [-0.2, -0.15) is 0 Å². The molecule has 0 radical (unpaired) electrons. The lowest BCUT2D eigenvalue weighted by Crippen LogP contribution is -2.46. The molecule has 1 N–H and O–H groups in total. The van der Waals surface area contributed by atoms with Gasteiger partial charge in [-0.15, -0.1) is 12.4 Å². The third-order valence-electron chi connectivity index (χ3n) is 4.87. The molecule has 1 aromatic rings.